The van der Waals surface area contributed by atoms with Crippen LogP contribution in [0.2, 0.25) is 0 Å². The predicted octanol–water partition coefficient (Wildman–Crippen LogP) is 4.11. The van der Waals surface area contributed by atoms with Gasteiger partial charge < -0.3 is 15.5 Å². The molecule has 1 unspecified atom stereocenters. The van der Waals surface area contributed by atoms with Gasteiger partial charge in [0.15, 0.2) is 0 Å². The molecule has 0 bridgehead atoms. The van der Waals surface area contributed by atoms with Gasteiger partial charge in [0.2, 0.25) is 5.91 Å². The summed E-state index contributed by atoms with van der Waals surface area (Å²) in [6.07, 6.45) is 1.26. The first-order valence-electron chi connectivity index (χ1n) is 11.8. The number of halogens is 1. The van der Waals surface area contributed by atoms with Crippen LogP contribution in [0.1, 0.15) is 51.6 Å². The minimum Gasteiger partial charge on any atom is -0.353 e. The Hall–Kier alpha value is -4.00. The average molecular weight is 474 g/mol. The Balaban J connectivity index is 1.34. The number of benzene rings is 3. The van der Waals surface area contributed by atoms with Gasteiger partial charge in [-0.15, -0.1) is 0 Å². The zero-order chi connectivity index (χ0) is 24.6. The number of rotatable bonds is 7. The standard InChI is InChI=1S/C28H28FN3O3/c29-24-14-8-7-13-23(24)28(35)32-17-15-22(16-18-32)30-26(33)19-25(20-9-3-1-4-10-20)31-27(34)21-11-5-2-6-12-21/h1-14,22,25H,15-19H2,(H,30,33)(H,31,34). The maximum atomic E-state index is 14.0. The van der Waals surface area contributed by atoms with Crippen molar-refractivity contribution in [3.05, 3.63) is 107 Å². The second-order valence-electron chi connectivity index (χ2n) is 8.62. The van der Waals surface area contributed by atoms with Crippen molar-refractivity contribution in [2.45, 2.75) is 31.3 Å². The lowest BCUT2D eigenvalue weighted by Crippen LogP contribution is -2.47. The smallest absolute Gasteiger partial charge is 0.256 e. The lowest BCUT2D eigenvalue weighted by Gasteiger charge is -2.33. The molecule has 1 heterocycles. The van der Waals surface area contributed by atoms with Crippen molar-refractivity contribution in [2.24, 2.45) is 0 Å². The molecule has 180 valence electrons. The van der Waals surface area contributed by atoms with Crippen LogP contribution in [0, 0.1) is 5.82 Å². The molecule has 1 aliphatic rings. The van der Waals surface area contributed by atoms with Crippen molar-refractivity contribution in [3.63, 3.8) is 0 Å². The van der Waals surface area contributed by atoms with Gasteiger partial charge in [-0.3, -0.25) is 14.4 Å². The first-order valence-corrected chi connectivity index (χ1v) is 11.8. The first-order chi connectivity index (χ1) is 17.0. The zero-order valence-electron chi connectivity index (χ0n) is 19.3. The summed E-state index contributed by atoms with van der Waals surface area (Å²) in [5.41, 5.74) is 1.44. The van der Waals surface area contributed by atoms with Crippen LogP contribution >= 0.6 is 0 Å². The van der Waals surface area contributed by atoms with Crippen LogP contribution in [0.25, 0.3) is 0 Å². The molecule has 1 fully saturated rings. The number of piperidine rings is 1. The first kappa shape index (κ1) is 24.1. The summed E-state index contributed by atoms with van der Waals surface area (Å²) in [5.74, 6) is -1.28. The molecule has 3 amide bonds. The molecule has 4 rings (SSSR count). The van der Waals surface area contributed by atoms with Crippen LogP contribution < -0.4 is 10.6 Å². The molecule has 1 saturated heterocycles. The second kappa shape index (κ2) is 11.4. The molecule has 0 radical (unpaired) electrons. The van der Waals surface area contributed by atoms with Gasteiger partial charge in [-0.25, -0.2) is 4.39 Å². The Bertz CT molecular complexity index is 1160. The van der Waals surface area contributed by atoms with Crippen LogP contribution in [0.5, 0.6) is 0 Å². The summed E-state index contributed by atoms with van der Waals surface area (Å²) in [6.45, 7) is 0.871. The number of nitrogens with one attached hydrogen (secondary N) is 2. The summed E-state index contributed by atoms with van der Waals surface area (Å²) in [7, 11) is 0. The van der Waals surface area contributed by atoms with Crippen molar-refractivity contribution in [1.29, 1.82) is 0 Å². The quantitative estimate of drug-likeness (QED) is 0.542. The van der Waals surface area contributed by atoms with Crippen LogP contribution in [0.3, 0.4) is 0 Å². The van der Waals surface area contributed by atoms with E-state index in [1.54, 1.807) is 41.3 Å². The van der Waals surface area contributed by atoms with Crippen molar-refractivity contribution in [1.82, 2.24) is 15.5 Å². The zero-order valence-corrected chi connectivity index (χ0v) is 19.3. The molecule has 35 heavy (non-hydrogen) atoms. The van der Waals surface area contributed by atoms with Crippen molar-refractivity contribution < 1.29 is 18.8 Å². The van der Waals surface area contributed by atoms with Gasteiger partial charge in [-0.2, -0.15) is 0 Å². The van der Waals surface area contributed by atoms with Crippen LogP contribution in [-0.4, -0.2) is 41.8 Å². The summed E-state index contributed by atoms with van der Waals surface area (Å²) >= 11 is 0. The Morgan fingerprint density at radius 3 is 2.11 bits per heavy atom. The number of hydrogen-bond donors (Lipinski definition) is 2. The average Bonchev–Trinajstić information content (AvgIpc) is 2.89. The predicted molar refractivity (Wildman–Crippen MR) is 131 cm³/mol. The van der Waals surface area contributed by atoms with E-state index in [-0.39, 0.29) is 35.7 Å². The second-order valence-corrected chi connectivity index (χ2v) is 8.62. The third kappa shape index (κ3) is 6.32. The van der Waals surface area contributed by atoms with Gasteiger partial charge in [-0.05, 0) is 42.7 Å². The van der Waals surface area contributed by atoms with E-state index in [0.29, 0.717) is 31.5 Å². The van der Waals surface area contributed by atoms with Gasteiger partial charge in [0, 0.05) is 24.7 Å². The van der Waals surface area contributed by atoms with E-state index in [0.717, 1.165) is 5.56 Å². The maximum absolute atomic E-state index is 14.0. The molecule has 3 aromatic carbocycles. The van der Waals surface area contributed by atoms with Gasteiger partial charge in [0.1, 0.15) is 5.82 Å². The molecule has 0 aliphatic carbocycles. The largest absolute Gasteiger partial charge is 0.353 e. The Morgan fingerprint density at radius 2 is 1.46 bits per heavy atom. The molecule has 1 aliphatic heterocycles. The van der Waals surface area contributed by atoms with Gasteiger partial charge in [0.05, 0.1) is 18.0 Å². The minimum absolute atomic E-state index is 0.0647. The third-order valence-electron chi connectivity index (χ3n) is 6.18. The molecule has 0 aromatic heterocycles. The van der Waals surface area contributed by atoms with Crippen molar-refractivity contribution in [2.75, 3.05) is 13.1 Å². The molecule has 3 aromatic rings. The highest BCUT2D eigenvalue weighted by atomic mass is 19.1. The summed E-state index contributed by atoms with van der Waals surface area (Å²) in [4.78, 5) is 39.9. The molecule has 2 N–H and O–H groups in total. The fourth-order valence-corrected chi connectivity index (χ4v) is 4.27. The fraction of sp³-hybridized carbons (Fsp3) is 0.250. The highest BCUT2D eigenvalue weighted by Crippen LogP contribution is 2.20. The molecular formula is C28H28FN3O3. The summed E-state index contributed by atoms with van der Waals surface area (Å²) in [6, 6.07) is 23.7. The highest BCUT2D eigenvalue weighted by Gasteiger charge is 2.27. The van der Waals surface area contributed by atoms with Crippen LogP contribution in [0.15, 0.2) is 84.9 Å². The van der Waals surface area contributed by atoms with Gasteiger partial charge in [0.25, 0.3) is 11.8 Å². The summed E-state index contributed by atoms with van der Waals surface area (Å²) < 4.78 is 14.0. The van der Waals surface area contributed by atoms with Crippen molar-refractivity contribution >= 4 is 17.7 Å². The number of carbonyl (C=O) groups is 3. The number of hydrogen-bond acceptors (Lipinski definition) is 3. The van der Waals surface area contributed by atoms with Crippen LogP contribution in [-0.2, 0) is 4.79 Å². The fourth-order valence-electron chi connectivity index (χ4n) is 4.27. The Kier molecular flexibility index (Phi) is 7.88. The molecule has 1 atom stereocenters. The van der Waals surface area contributed by atoms with E-state index in [9.17, 15) is 18.8 Å². The lowest BCUT2D eigenvalue weighted by molar-refractivity contribution is -0.122. The van der Waals surface area contributed by atoms with E-state index in [2.05, 4.69) is 10.6 Å². The molecule has 7 heteroatoms. The highest BCUT2D eigenvalue weighted by molar-refractivity contribution is 5.95. The van der Waals surface area contributed by atoms with E-state index in [1.165, 1.54) is 12.1 Å². The Morgan fingerprint density at radius 1 is 0.857 bits per heavy atom. The maximum Gasteiger partial charge on any atom is 0.256 e. The molecule has 0 saturated carbocycles. The minimum atomic E-state index is -0.530. The monoisotopic (exact) mass is 473 g/mol. The van der Waals surface area contributed by atoms with Crippen molar-refractivity contribution in [3.8, 4) is 0 Å². The topological polar surface area (TPSA) is 78.5 Å². The molecular weight excluding hydrogens is 445 g/mol. The third-order valence-corrected chi connectivity index (χ3v) is 6.18. The number of carbonyl (C=O) groups excluding carboxylic acids is 3. The number of amides is 3. The van der Waals surface area contributed by atoms with E-state index >= 15 is 0 Å². The number of likely N-dealkylation sites (tertiary alicyclic amines) is 1. The van der Waals surface area contributed by atoms with Gasteiger partial charge >= 0.3 is 0 Å². The number of nitrogens with zero attached hydrogens (tertiary/aromatic N) is 1. The molecule has 0 spiro atoms. The Labute approximate surface area is 204 Å². The normalized spacial score (nSPS) is 14.7. The van der Waals surface area contributed by atoms with E-state index in [1.807, 2.05) is 36.4 Å². The van der Waals surface area contributed by atoms with E-state index in [4.69, 9.17) is 0 Å². The summed E-state index contributed by atoms with van der Waals surface area (Å²) in [5, 5.41) is 6.02. The molecule has 6 nitrogen and oxygen atoms in total. The lowest BCUT2D eigenvalue weighted by atomic mass is 10.0. The van der Waals surface area contributed by atoms with Crippen LogP contribution in [0.4, 0.5) is 4.39 Å². The van der Waals surface area contributed by atoms with Gasteiger partial charge in [-0.1, -0.05) is 60.7 Å². The van der Waals surface area contributed by atoms with E-state index < -0.39 is 11.9 Å². The SMILES string of the molecule is O=C(CC(NC(=O)c1ccccc1)c1ccccc1)NC1CCN(C(=O)c2ccccc2F)CC1.